The second-order valence-electron chi connectivity index (χ2n) is 1.99. The molecular weight excluding hydrogens is 202 g/mol. The van der Waals surface area contributed by atoms with E-state index >= 15 is 0 Å². The lowest BCUT2D eigenvalue weighted by atomic mass is 10.5. The molecule has 0 aliphatic rings. The van der Waals surface area contributed by atoms with E-state index in [2.05, 4.69) is 4.98 Å². The van der Waals surface area contributed by atoms with Crippen molar-refractivity contribution in [2.75, 3.05) is 4.72 Å². The molecule has 0 aliphatic heterocycles. The Balaban J connectivity index is 2.91. The molecule has 5 nitrogen and oxygen atoms in total. The molecule has 1 heterocycles. The number of nitrogens with one attached hydrogen (secondary N) is 1. The van der Waals surface area contributed by atoms with Gasteiger partial charge >= 0.3 is 0 Å². The van der Waals surface area contributed by atoms with Crippen molar-refractivity contribution in [2.45, 2.75) is 0 Å². The van der Waals surface area contributed by atoms with Gasteiger partial charge in [-0.1, -0.05) is 17.7 Å². The minimum absolute atomic E-state index is 0.102. The summed E-state index contributed by atoms with van der Waals surface area (Å²) < 4.78 is 23.0. The first-order chi connectivity index (χ1) is 5.47. The highest BCUT2D eigenvalue weighted by molar-refractivity contribution is 7.90. The van der Waals surface area contributed by atoms with Gasteiger partial charge in [0.25, 0.3) is 10.2 Å². The van der Waals surface area contributed by atoms with E-state index in [1.165, 1.54) is 12.1 Å². The molecule has 0 aliphatic carbocycles. The van der Waals surface area contributed by atoms with Crippen LogP contribution >= 0.6 is 11.6 Å². The van der Waals surface area contributed by atoms with Crippen molar-refractivity contribution in [2.24, 2.45) is 5.14 Å². The molecule has 3 N–H and O–H groups in total. The maximum absolute atomic E-state index is 10.5. The number of rotatable bonds is 2. The molecule has 0 aromatic carbocycles. The number of hydrogen-bond acceptors (Lipinski definition) is 3. The van der Waals surface area contributed by atoms with Crippen LogP contribution in [0, 0.1) is 0 Å². The zero-order valence-electron chi connectivity index (χ0n) is 5.86. The van der Waals surface area contributed by atoms with Crippen LogP contribution in [0.4, 0.5) is 5.82 Å². The molecule has 0 radical (unpaired) electrons. The lowest BCUT2D eigenvalue weighted by Crippen LogP contribution is -2.22. The largest absolute Gasteiger partial charge is 0.297 e. The fourth-order valence-electron chi connectivity index (χ4n) is 0.611. The molecule has 0 bridgehead atoms. The fraction of sp³-hybridized carbons (Fsp3) is 0. The predicted molar refractivity (Wildman–Crippen MR) is 46.0 cm³/mol. The highest BCUT2D eigenvalue weighted by atomic mass is 35.5. The van der Waals surface area contributed by atoms with Crippen LogP contribution in [-0.4, -0.2) is 13.4 Å². The molecule has 12 heavy (non-hydrogen) atoms. The van der Waals surface area contributed by atoms with Crippen molar-refractivity contribution < 1.29 is 8.42 Å². The Bertz CT molecular complexity index is 378. The number of aromatic nitrogens is 1. The van der Waals surface area contributed by atoms with E-state index in [1.54, 1.807) is 6.07 Å². The maximum Gasteiger partial charge on any atom is 0.297 e. The van der Waals surface area contributed by atoms with E-state index in [0.29, 0.717) is 0 Å². The van der Waals surface area contributed by atoms with Crippen LogP contribution in [0.25, 0.3) is 0 Å². The number of halogens is 1. The summed E-state index contributed by atoms with van der Waals surface area (Å²) in [4.78, 5) is 3.65. The van der Waals surface area contributed by atoms with Crippen LogP contribution in [0.5, 0.6) is 0 Å². The summed E-state index contributed by atoms with van der Waals surface area (Å²) in [6, 6.07) is 4.52. The minimum Gasteiger partial charge on any atom is -0.255 e. The zero-order chi connectivity index (χ0) is 9.19. The summed E-state index contributed by atoms with van der Waals surface area (Å²) in [6.45, 7) is 0. The molecule has 1 aromatic heterocycles. The monoisotopic (exact) mass is 207 g/mol. The Labute approximate surface area is 74.7 Å². The van der Waals surface area contributed by atoms with E-state index in [9.17, 15) is 8.42 Å². The van der Waals surface area contributed by atoms with Gasteiger partial charge in [0.1, 0.15) is 11.0 Å². The molecule has 0 saturated carbocycles. The third kappa shape index (κ3) is 3.04. The third-order valence-corrected chi connectivity index (χ3v) is 1.67. The van der Waals surface area contributed by atoms with Crippen LogP contribution in [-0.2, 0) is 10.2 Å². The topological polar surface area (TPSA) is 85.1 Å². The highest BCUT2D eigenvalue weighted by Gasteiger charge is 2.02. The molecular formula is C5H6ClN3O2S. The SMILES string of the molecule is NS(=O)(=O)Nc1cccc(Cl)n1. The third-order valence-electron chi connectivity index (χ3n) is 0.962. The first-order valence-corrected chi connectivity index (χ1v) is 4.83. The van der Waals surface area contributed by atoms with Gasteiger partial charge in [-0.05, 0) is 12.1 Å². The Hall–Kier alpha value is -0.850. The van der Waals surface area contributed by atoms with Gasteiger partial charge in [-0.2, -0.15) is 8.42 Å². The lowest BCUT2D eigenvalue weighted by molar-refractivity contribution is 0.602. The highest BCUT2D eigenvalue weighted by Crippen LogP contribution is 2.09. The average molecular weight is 208 g/mol. The molecule has 1 aromatic rings. The average Bonchev–Trinajstić information content (AvgIpc) is 1.82. The number of anilines is 1. The van der Waals surface area contributed by atoms with E-state index < -0.39 is 10.2 Å². The second kappa shape index (κ2) is 3.26. The zero-order valence-corrected chi connectivity index (χ0v) is 7.43. The molecule has 0 atom stereocenters. The van der Waals surface area contributed by atoms with E-state index in [4.69, 9.17) is 16.7 Å². The van der Waals surface area contributed by atoms with Crippen LogP contribution in [0.1, 0.15) is 0 Å². The Morgan fingerprint density at radius 3 is 2.67 bits per heavy atom. The minimum atomic E-state index is -3.77. The van der Waals surface area contributed by atoms with E-state index in [-0.39, 0.29) is 11.0 Å². The van der Waals surface area contributed by atoms with E-state index in [0.717, 1.165) is 0 Å². The van der Waals surface area contributed by atoms with Crippen LogP contribution < -0.4 is 9.86 Å². The molecule has 0 amide bonds. The smallest absolute Gasteiger partial charge is 0.255 e. The van der Waals surface area contributed by atoms with Gasteiger partial charge in [-0.25, -0.2) is 10.1 Å². The van der Waals surface area contributed by atoms with Crippen LogP contribution in [0.2, 0.25) is 5.15 Å². The summed E-state index contributed by atoms with van der Waals surface area (Å²) in [5, 5.41) is 4.89. The Morgan fingerprint density at radius 2 is 2.17 bits per heavy atom. The number of nitrogens with two attached hydrogens (primary N) is 1. The van der Waals surface area contributed by atoms with Crippen LogP contribution in [0.15, 0.2) is 18.2 Å². The number of pyridine rings is 1. The standard InChI is InChI=1S/C5H6ClN3O2S/c6-4-2-1-3-5(8-4)9-12(7,10)11/h1-3H,(H,8,9)(H2,7,10,11). The maximum atomic E-state index is 10.5. The quantitative estimate of drug-likeness (QED) is 0.687. The van der Waals surface area contributed by atoms with Crippen molar-refractivity contribution in [3.05, 3.63) is 23.4 Å². The van der Waals surface area contributed by atoms with Gasteiger partial charge < -0.3 is 0 Å². The second-order valence-corrected chi connectivity index (χ2v) is 3.67. The molecule has 66 valence electrons. The molecule has 0 fully saturated rings. The van der Waals surface area contributed by atoms with Gasteiger partial charge in [0.05, 0.1) is 0 Å². The normalized spacial score (nSPS) is 11.2. The fourth-order valence-corrected chi connectivity index (χ4v) is 1.18. The summed E-state index contributed by atoms with van der Waals surface area (Å²) in [5.74, 6) is 0.102. The molecule has 7 heteroatoms. The van der Waals surface area contributed by atoms with Gasteiger partial charge in [0, 0.05) is 0 Å². The van der Waals surface area contributed by atoms with E-state index in [1.807, 2.05) is 4.72 Å². The van der Waals surface area contributed by atoms with Crippen molar-refractivity contribution >= 4 is 27.6 Å². The molecule has 1 rings (SSSR count). The first kappa shape index (κ1) is 9.24. The molecule has 0 spiro atoms. The van der Waals surface area contributed by atoms with Crippen molar-refractivity contribution in [1.82, 2.24) is 4.98 Å². The Kier molecular flexibility index (Phi) is 2.51. The van der Waals surface area contributed by atoms with Gasteiger partial charge in [-0.15, -0.1) is 0 Å². The van der Waals surface area contributed by atoms with Crippen LogP contribution in [0.3, 0.4) is 0 Å². The van der Waals surface area contributed by atoms with Gasteiger partial charge in [0.15, 0.2) is 0 Å². The lowest BCUT2D eigenvalue weighted by Gasteiger charge is -2.00. The summed E-state index contributed by atoms with van der Waals surface area (Å²) in [7, 11) is -3.77. The first-order valence-electron chi connectivity index (χ1n) is 2.90. The van der Waals surface area contributed by atoms with Gasteiger partial charge in [-0.3, -0.25) is 4.72 Å². The van der Waals surface area contributed by atoms with Crippen molar-refractivity contribution in [1.29, 1.82) is 0 Å². The number of nitrogens with zero attached hydrogens (tertiary/aromatic N) is 1. The number of hydrogen-bond donors (Lipinski definition) is 2. The predicted octanol–water partition coefficient (Wildman–Crippen LogP) is 0.350. The summed E-state index contributed by atoms with van der Waals surface area (Å²) in [6.07, 6.45) is 0. The molecule has 0 unspecified atom stereocenters. The summed E-state index contributed by atoms with van der Waals surface area (Å²) in [5.41, 5.74) is 0. The van der Waals surface area contributed by atoms with Gasteiger partial charge in [0.2, 0.25) is 0 Å². The van der Waals surface area contributed by atoms with Crippen molar-refractivity contribution in [3.8, 4) is 0 Å². The molecule has 0 saturated heterocycles. The summed E-state index contributed by atoms with van der Waals surface area (Å²) >= 11 is 5.49. The Morgan fingerprint density at radius 1 is 1.50 bits per heavy atom. The van der Waals surface area contributed by atoms with Crippen molar-refractivity contribution in [3.63, 3.8) is 0 Å².